The minimum Gasteiger partial charge on any atom is -0.475 e. The largest absolute Gasteiger partial charge is 0.475 e. The highest BCUT2D eigenvalue weighted by atomic mass is 16.4. The molecule has 0 saturated carbocycles. The number of aromatic carboxylic acids is 1. The highest BCUT2D eigenvalue weighted by Crippen LogP contribution is 2.16. The molecule has 0 aliphatic carbocycles. The smallest absolute Gasteiger partial charge is 0.372 e. The first kappa shape index (κ1) is 13.3. The van der Waals surface area contributed by atoms with Gasteiger partial charge in [0.2, 0.25) is 5.76 Å². The summed E-state index contributed by atoms with van der Waals surface area (Å²) in [6.07, 6.45) is 1.74. The van der Waals surface area contributed by atoms with E-state index in [1.807, 2.05) is 25.1 Å². The fourth-order valence-electron chi connectivity index (χ4n) is 1.84. The topological polar surface area (TPSA) is 75.4 Å². The van der Waals surface area contributed by atoms with Crippen LogP contribution in [-0.2, 0) is 6.54 Å². The summed E-state index contributed by atoms with van der Waals surface area (Å²) in [5, 5.41) is 12.2. The van der Waals surface area contributed by atoms with Crippen LogP contribution in [0.4, 0.5) is 0 Å². The van der Waals surface area contributed by atoms with Crippen LogP contribution in [0.3, 0.4) is 0 Å². The lowest BCUT2D eigenvalue weighted by atomic mass is 10.2. The van der Waals surface area contributed by atoms with Crippen LogP contribution in [0.2, 0.25) is 0 Å². The van der Waals surface area contributed by atoms with Gasteiger partial charge in [0, 0.05) is 17.8 Å². The quantitative estimate of drug-likeness (QED) is 0.864. The van der Waals surface area contributed by atoms with Crippen LogP contribution in [-0.4, -0.2) is 16.1 Å². The third-order valence-electron chi connectivity index (χ3n) is 2.88. The van der Waals surface area contributed by atoms with Crippen molar-refractivity contribution >= 4 is 5.97 Å². The summed E-state index contributed by atoms with van der Waals surface area (Å²) >= 11 is 0. The first-order chi connectivity index (χ1) is 9.08. The molecule has 2 N–H and O–H groups in total. The van der Waals surface area contributed by atoms with Crippen molar-refractivity contribution in [1.82, 2.24) is 10.3 Å². The molecule has 0 fully saturated rings. The normalized spacial score (nSPS) is 12.3. The molecule has 0 aliphatic heterocycles. The SMILES string of the molecule is Cc1cc(CN[C@H](C)c2ccccn2)oc1C(=O)O. The van der Waals surface area contributed by atoms with Crippen LogP contribution in [0.25, 0.3) is 0 Å². The van der Waals surface area contributed by atoms with Gasteiger partial charge in [-0.2, -0.15) is 0 Å². The number of carbonyl (C=O) groups is 1. The lowest BCUT2D eigenvalue weighted by molar-refractivity contribution is 0.0659. The van der Waals surface area contributed by atoms with Gasteiger partial charge in [0.25, 0.3) is 0 Å². The third-order valence-corrected chi connectivity index (χ3v) is 2.88. The molecule has 0 radical (unpaired) electrons. The predicted octanol–water partition coefficient (Wildman–Crippen LogP) is 2.53. The summed E-state index contributed by atoms with van der Waals surface area (Å²) in [5.41, 5.74) is 1.57. The lowest BCUT2D eigenvalue weighted by Gasteiger charge is -2.11. The van der Waals surface area contributed by atoms with Gasteiger partial charge in [-0.05, 0) is 32.0 Å². The van der Waals surface area contributed by atoms with Crippen LogP contribution < -0.4 is 5.32 Å². The zero-order valence-corrected chi connectivity index (χ0v) is 10.9. The van der Waals surface area contributed by atoms with Crippen molar-refractivity contribution in [1.29, 1.82) is 0 Å². The number of furan rings is 1. The lowest BCUT2D eigenvalue weighted by Crippen LogP contribution is -2.18. The Kier molecular flexibility index (Phi) is 3.97. The van der Waals surface area contributed by atoms with E-state index in [-0.39, 0.29) is 11.8 Å². The fourth-order valence-corrected chi connectivity index (χ4v) is 1.84. The molecule has 19 heavy (non-hydrogen) atoms. The van der Waals surface area contributed by atoms with Crippen molar-refractivity contribution in [3.63, 3.8) is 0 Å². The van der Waals surface area contributed by atoms with Crippen molar-refractivity contribution < 1.29 is 14.3 Å². The van der Waals surface area contributed by atoms with Crippen molar-refractivity contribution in [2.45, 2.75) is 26.4 Å². The molecular weight excluding hydrogens is 244 g/mol. The summed E-state index contributed by atoms with van der Waals surface area (Å²) < 4.78 is 5.28. The van der Waals surface area contributed by atoms with E-state index in [9.17, 15) is 4.79 Å². The van der Waals surface area contributed by atoms with E-state index < -0.39 is 5.97 Å². The maximum atomic E-state index is 10.9. The van der Waals surface area contributed by atoms with Gasteiger partial charge in [-0.25, -0.2) is 4.79 Å². The fraction of sp³-hybridized carbons (Fsp3) is 0.286. The zero-order valence-electron chi connectivity index (χ0n) is 10.9. The van der Waals surface area contributed by atoms with Crippen molar-refractivity contribution in [2.24, 2.45) is 0 Å². The van der Waals surface area contributed by atoms with E-state index in [2.05, 4.69) is 10.3 Å². The molecule has 0 saturated heterocycles. The molecule has 0 spiro atoms. The molecule has 1 atom stereocenters. The number of aromatic nitrogens is 1. The Balaban J connectivity index is 1.99. The first-order valence-corrected chi connectivity index (χ1v) is 6.05. The van der Waals surface area contributed by atoms with Crippen molar-refractivity contribution in [3.8, 4) is 0 Å². The van der Waals surface area contributed by atoms with Gasteiger partial charge in [-0.1, -0.05) is 6.07 Å². The number of nitrogens with one attached hydrogen (secondary N) is 1. The third kappa shape index (κ3) is 3.20. The molecule has 100 valence electrons. The number of nitrogens with zero attached hydrogens (tertiary/aromatic N) is 1. The number of carboxylic acid groups (broad SMARTS) is 1. The molecule has 0 aliphatic rings. The summed E-state index contributed by atoms with van der Waals surface area (Å²) in [4.78, 5) is 15.1. The van der Waals surface area contributed by atoms with Gasteiger partial charge in [0.15, 0.2) is 0 Å². The molecule has 2 rings (SSSR count). The number of hydrogen-bond acceptors (Lipinski definition) is 4. The molecule has 0 bridgehead atoms. The molecule has 2 aromatic heterocycles. The minimum absolute atomic E-state index is 0.00212. The van der Waals surface area contributed by atoms with Gasteiger partial charge < -0.3 is 14.8 Å². The highest BCUT2D eigenvalue weighted by Gasteiger charge is 2.14. The van der Waals surface area contributed by atoms with E-state index >= 15 is 0 Å². The average Bonchev–Trinajstić information content (AvgIpc) is 2.78. The summed E-state index contributed by atoms with van der Waals surface area (Å²) in [6.45, 7) is 4.18. The standard InChI is InChI=1S/C14H16N2O3/c1-9-7-11(19-13(9)14(17)18)8-16-10(2)12-5-3-4-6-15-12/h3-7,10,16H,8H2,1-2H3,(H,17,18)/t10-/m1/s1. The molecule has 2 heterocycles. The molecule has 5 nitrogen and oxygen atoms in total. The van der Waals surface area contributed by atoms with Gasteiger partial charge in [0.1, 0.15) is 5.76 Å². The van der Waals surface area contributed by atoms with E-state index in [4.69, 9.17) is 9.52 Å². The second-order valence-electron chi connectivity index (χ2n) is 4.39. The van der Waals surface area contributed by atoms with Crippen molar-refractivity contribution in [2.75, 3.05) is 0 Å². The van der Waals surface area contributed by atoms with Crippen LogP contribution in [0.5, 0.6) is 0 Å². The Morgan fingerprint density at radius 3 is 2.89 bits per heavy atom. The summed E-state index contributed by atoms with van der Waals surface area (Å²) in [6, 6.07) is 7.54. The molecule has 2 aromatic rings. The maximum absolute atomic E-state index is 10.9. The molecular formula is C14H16N2O3. The molecule has 0 unspecified atom stereocenters. The van der Waals surface area contributed by atoms with Crippen LogP contribution in [0.15, 0.2) is 34.9 Å². The van der Waals surface area contributed by atoms with Crippen LogP contribution >= 0.6 is 0 Å². The minimum atomic E-state index is -1.04. The average molecular weight is 260 g/mol. The number of hydrogen-bond donors (Lipinski definition) is 2. The number of aryl methyl sites for hydroxylation is 1. The second kappa shape index (κ2) is 5.67. The van der Waals surface area contributed by atoms with E-state index in [0.29, 0.717) is 17.9 Å². The maximum Gasteiger partial charge on any atom is 0.372 e. The van der Waals surface area contributed by atoms with Gasteiger partial charge in [0.05, 0.1) is 12.2 Å². The Morgan fingerprint density at radius 1 is 1.53 bits per heavy atom. The van der Waals surface area contributed by atoms with Crippen LogP contribution in [0, 0.1) is 6.92 Å². The van der Waals surface area contributed by atoms with E-state index in [0.717, 1.165) is 5.69 Å². The Bertz CT molecular complexity index is 563. The number of pyridine rings is 1. The second-order valence-corrected chi connectivity index (χ2v) is 4.39. The molecule has 5 heteroatoms. The number of carboxylic acids is 1. The van der Waals surface area contributed by atoms with Gasteiger partial charge in [-0.15, -0.1) is 0 Å². The van der Waals surface area contributed by atoms with E-state index in [1.165, 1.54) is 0 Å². The number of rotatable bonds is 5. The Hall–Kier alpha value is -2.14. The monoisotopic (exact) mass is 260 g/mol. The summed E-state index contributed by atoms with van der Waals surface area (Å²) in [7, 11) is 0. The predicted molar refractivity (Wildman–Crippen MR) is 69.9 cm³/mol. The Morgan fingerprint density at radius 2 is 2.32 bits per heavy atom. The van der Waals surface area contributed by atoms with Crippen LogP contribution in [0.1, 0.15) is 40.5 Å². The first-order valence-electron chi connectivity index (χ1n) is 6.05. The Labute approximate surface area is 111 Å². The highest BCUT2D eigenvalue weighted by molar-refractivity contribution is 5.86. The summed E-state index contributed by atoms with van der Waals surface area (Å²) in [5.74, 6) is -0.429. The zero-order chi connectivity index (χ0) is 13.8. The van der Waals surface area contributed by atoms with Crippen molar-refractivity contribution in [3.05, 3.63) is 53.2 Å². The molecule has 0 aromatic carbocycles. The van der Waals surface area contributed by atoms with Gasteiger partial charge in [-0.3, -0.25) is 4.98 Å². The molecule has 0 amide bonds. The van der Waals surface area contributed by atoms with Gasteiger partial charge >= 0.3 is 5.97 Å². The van der Waals surface area contributed by atoms with E-state index in [1.54, 1.807) is 19.2 Å².